The first-order valence-corrected chi connectivity index (χ1v) is 18.4. The zero-order valence-electron chi connectivity index (χ0n) is 29.8. The fourth-order valence-corrected chi connectivity index (χ4v) is 7.32. The van der Waals surface area contributed by atoms with Crippen LogP contribution in [-0.4, -0.2) is 15.0 Å². The summed E-state index contributed by atoms with van der Waals surface area (Å²) in [6.07, 6.45) is 0. The lowest BCUT2D eigenvalue weighted by molar-refractivity contribution is 0.669. The highest BCUT2D eigenvalue weighted by molar-refractivity contribution is 6.12. The topological polar surface area (TPSA) is 51.8 Å². The summed E-state index contributed by atoms with van der Waals surface area (Å²) in [5, 5.41) is 2.00. The second-order valence-corrected chi connectivity index (χ2v) is 13.6. The first kappa shape index (κ1) is 32.2. The van der Waals surface area contributed by atoms with Gasteiger partial charge < -0.3 is 4.42 Å². The van der Waals surface area contributed by atoms with Crippen LogP contribution in [0.5, 0.6) is 0 Å². The summed E-state index contributed by atoms with van der Waals surface area (Å²) < 4.78 is 6.41. The molecule has 258 valence electrons. The van der Waals surface area contributed by atoms with Crippen LogP contribution in [0.3, 0.4) is 0 Å². The molecule has 0 spiro atoms. The van der Waals surface area contributed by atoms with Gasteiger partial charge in [-0.1, -0.05) is 182 Å². The van der Waals surface area contributed by atoms with E-state index in [4.69, 9.17) is 19.4 Å². The van der Waals surface area contributed by atoms with Crippen LogP contribution in [0.1, 0.15) is 0 Å². The number of benzene rings is 8. The normalized spacial score (nSPS) is 11.3. The monoisotopic (exact) mass is 703 g/mol. The van der Waals surface area contributed by atoms with Crippen molar-refractivity contribution >= 4 is 21.9 Å². The van der Waals surface area contributed by atoms with Crippen molar-refractivity contribution in [2.45, 2.75) is 0 Å². The van der Waals surface area contributed by atoms with Crippen LogP contribution in [0.4, 0.5) is 0 Å². The van der Waals surface area contributed by atoms with Gasteiger partial charge >= 0.3 is 0 Å². The molecule has 0 N–H and O–H groups in total. The Morgan fingerprint density at radius 1 is 0.273 bits per heavy atom. The molecule has 0 atom stereocenters. The maximum absolute atomic E-state index is 6.41. The highest BCUT2D eigenvalue weighted by atomic mass is 16.3. The summed E-state index contributed by atoms with van der Waals surface area (Å²) in [5.41, 5.74) is 13.8. The van der Waals surface area contributed by atoms with Gasteiger partial charge in [-0.3, -0.25) is 0 Å². The number of hydrogen-bond donors (Lipinski definition) is 0. The molecule has 0 aliphatic carbocycles. The molecular formula is C51H33N3O. The van der Waals surface area contributed by atoms with Crippen molar-refractivity contribution in [3.8, 4) is 78.7 Å². The van der Waals surface area contributed by atoms with Gasteiger partial charge in [0.2, 0.25) is 0 Å². The molecule has 4 heteroatoms. The van der Waals surface area contributed by atoms with Crippen molar-refractivity contribution in [3.63, 3.8) is 0 Å². The highest BCUT2D eigenvalue weighted by Crippen LogP contribution is 2.39. The predicted molar refractivity (Wildman–Crippen MR) is 225 cm³/mol. The lowest BCUT2D eigenvalue weighted by atomic mass is 9.96. The molecule has 8 aromatic carbocycles. The van der Waals surface area contributed by atoms with Crippen LogP contribution in [-0.2, 0) is 0 Å². The van der Waals surface area contributed by atoms with Crippen LogP contribution in [0, 0.1) is 0 Å². The van der Waals surface area contributed by atoms with E-state index in [0.717, 1.165) is 49.8 Å². The SMILES string of the molecule is c1ccc(-c2ccc(-c3ccc(-c4ccc(-c5ccc6oc7cccc(-c8nc(-c9ccccc9)nc(-c9ccccc9)n8)c7c6c5)cc4)cc3)cc2)cc1. The standard InChI is InChI=1S/C51H33N3O/c1-4-11-34(12-5-1)35-19-21-36(22-20-35)37-23-25-38(26-24-37)39-27-29-40(30-28-39)43-31-32-46-45(33-43)48-44(17-10-18-47(48)55-46)51-53-49(41-13-6-2-7-14-41)52-50(54-51)42-15-8-3-9-16-42/h1-33H. The first-order chi connectivity index (χ1) is 27.2. The third-order valence-electron chi connectivity index (χ3n) is 10.2. The van der Waals surface area contributed by atoms with Gasteiger partial charge in [-0.25, -0.2) is 15.0 Å². The fraction of sp³-hybridized carbons (Fsp3) is 0. The van der Waals surface area contributed by atoms with Crippen molar-refractivity contribution in [1.29, 1.82) is 0 Å². The van der Waals surface area contributed by atoms with E-state index in [1.807, 2.05) is 78.9 Å². The molecule has 4 nitrogen and oxygen atoms in total. The van der Waals surface area contributed by atoms with Gasteiger partial charge in [-0.2, -0.15) is 0 Å². The van der Waals surface area contributed by atoms with Crippen LogP contribution in [0.2, 0.25) is 0 Å². The Morgan fingerprint density at radius 2 is 0.655 bits per heavy atom. The van der Waals surface area contributed by atoms with Crippen molar-refractivity contribution in [2.24, 2.45) is 0 Å². The van der Waals surface area contributed by atoms with E-state index >= 15 is 0 Å². The molecule has 0 aliphatic rings. The molecule has 0 saturated carbocycles. The highest BCUT2D eigenvalue weighted by Gasteiger charge is 2.18. The molecule has 10 rings (SSSR count). The molecule has 0 aliphatic heterocycles. The van der Waals surface area contributed by atoms with Gasteiger partial charge in [0.1, 0.15) is 11.2 Å². The van der Waals surface area contributed by atoms with Crippen LogP contribution < -0.4 is 0 Å². The smallest absolute Gasteiger partial charge is 0.164 e. The summed E-state index contributed by atoms with van der Waals surface area (Å²) in [7, 11) is 0. The maximum Gasteiger partial charge on any atom is 0.164 e. The molecule has 2 aromatic heterocycles. The van der Waals surface area contributed by atoms with E-state index in [1.54, 1.807) is 0 Å². The van der Waals surface area contributed by atoms with Crippen molar-refractivity contribution in [2.75, 3.05) is 0 Å². The quantitative estimate of drug-likeness (QED) is 0.166. The zero-order valence-corrected chi connectivity index (χ0v) is 29.8. The summed E-state index contributed by atoms with van der Waals surface area (Å²) >= 11 is 0. The summed E-state index contributed by atoms with van der Waals surface area (Å²) in [6, 6.07) is 69.5. The summed E-state index contributed by atoms with van der Waals surface area (Å²) in [5.74, 6) is 1.86. The average molecular weight is 704 g/mol. The minimum Gasteiger partial charge on any atom is -0.456 e. The molecule has 10 aromatic rings. The molecule has 0 bridgehead atoms. The Morgan fingerprint density at radius 3 is 1.13 bits per heavy atom. The Balaban J connectivity index is 0.974. The molecular weight excluding hydrogens is 671 g/mol. The van der Waals surface area contributed by atoms with E-state index in [1.165, 1.54) is 33.4 Å². The number of hydrogen-bond acceptors (Lipinski definition) is 4. The van der Waals surface area contributed by atoms with Crippen LogP contribution in [0.25, 0.3) is 101 Å². The number of aromatic nitrogens is 3. The maximum atomic E-state index is 6.41. The van der Waals surface area contributed by atoms with E-state index in [2.05, 4.69) is 121 Å². The first-order valence-electron chi connectivity index (χ1n) is 18.4. The van der Waals surface area contributed by atoms with E-state index in [9.17, 15) is 0 Å². The van der Waals surface area contributed by atoms with E-state index in [-0.39, 0.29) is 0 Å². The fourth-order valence-electron chi connectivity index (χ4n) is 7.32. The molecule has 0 saturated heterocycles. The Hall–Kier alpha value is -7.43. The molecule has 0 fully saturated rings. The molecule has 0 amide bonds. The number of rotatable bonds is 7. The largest absolute Gasteiger partial charge is 0.456 e. The number of furan rings is 1. The Labute approximate surface area is 319 Å². The van der Waals surface area contributed by atoms with Crippen molar-refractivity contribution < 1.29 is 4.42 Å². The van der Waals surface area contributed by atoms with Crippen molar-refractivity contribution in [3.05, 3.63) is 200 Å². The van der Waals surface area contributed by atoms with Crippen molar-refractivity contribution in [1.82, 2.24) is 15.0 Å². The second kappa shape index (κ2) is 13.8. The van der Waals surface area contributed by atoms with Crippen LogP contribution in [0.15, 0.2) is 205 Å². The second-order valence-electron chi connectivity index (χ2n) is 13.6. The predicted octanol–water partition coefficient (Wildman–Crippen LogP) is 13.4. The minimum absolute atomic E-state index is 0.603. The lowest BCUT2D eigenvalue weighted by Gasteiger charge is -2.09. The van der Waals surface area contributed by atoms with Gasteiger partial charge in [0.25, 0.3) is 0 Å². The molecule has 0 radical (unpaired) electrons. The Kier molecular flexibility index (Phi) is 8.12. The van der Waals surface area contributed by atoms with Gasteiger partial charge in [0.15, 0.2) is 17.5 Å². The lowest BCUT2D eigenvalue weighted by Crippen LogP contribution is -2.00. The molecule has 2 heterocycles. The molecule has 55 heavy (non-hydrogen) atoms. The Bertz CT molecular complexity index is 2860. The van der Waals surface area contributed by atoms with E-state index in [0.29, 0.717) is 17.5 Å². The average Bonchev–Trinajstić information content (AvgIpc) is 3.66. The zero-order chi connectivity index (χ0) is 36.6. The number of fused-ring (bicyclic) bond motifs is 3. The van der Waals surface area contributed by atoms with Gasteiger partial charge in [0.05, 0.1) is 0 Å². The van der Waals surface area contributed by atoms with Gasteiger partial charge in [-0.15, -0.1) is 0 Å². The van der Waals surface area contributed by atoms with Gasteiger partial charge in [-0.05, 0) is 62.7 Å². The van der Waals surface area contributed by atoms with Gasteiger partial charge in [0, 0.05) is 27.5 Å². The summed E-state index contributed by atoms with van der Waals surface area (Å²) in [4.78, 5) is 15.0. The summed E-state index contributed by atoms with van der Waals surface area (Å²) in [6.45, 7) is 0. The van der Waals surface area contributed by atoms with E-state index < -0.39 is 0 Å². The minimum atomic E-state index is 0.603. The third-order valence-corrected chi connectivity index (χ3v) is 10.2. The van der Waals surface area contributed by atoms with Crippen LogP contribution >= 0.6 is 0 Å². The molecule has 0 unspecified atom stereocenters. The number of nitrogens with zero attached hydrogens (tertiary/aromatic N) is 3. The third kappa shape index (κ3) is 6.26.